The number of halogens is 2. The summed E-state index contributed by atoms with van der Waals surface area (Å²) in [6, 6.07) is 10.5. The van der Waals surface area contributed by atoms with Gasteiger partial charge < -0.3 is 4.42 Å². The largest absolute Gasteiger partial charge is 0.452 e. The molecule has 0 radical (unpaired) electrons. The van der Waals surface area contributed by atoms with Crippen molar-refractivity contribution in [1.82, 2.24) is 0 Å². The highest BCUT2D eigenvalue weighted by Crippen LogP contribution is 2.26. The Balaban J connectivity index is 2.36. The fourth-order valence-electron chi connectivity index (χ4n) is 1.57. The second-order valence-electron chi connectivity index (χ2n) is 3.59. The van der Waals surface area contributed by atoms with Crippen LogP contribution in [0.1, 0.15) is 21.8 Å². The Kier molecular flexibility index (Phi) is 3.85. The smallest absolute Gasteiger partial charge is 0.203 e. The van der Waals surface area contributed by atoms with E-state index >= 15 is 0 Å². The van der Waals surface area contributed by atoms with Gasteiger partial charge in [0.15, 0.2) is 5.78 Å². The van der Waals surface area contributed by atoms with Crippen molar-refractivity contribution >= 4 is 33.3 Å². The Morgan fingerprint density at radius 2 is 2.00 bits per heavy atom. The Morgan fingerprint density at radius 3 is 2.50 bits per heavy atom. The minimum Gasteiger partial charge on any atom is -0.452 e. The monoisotopic (exact) mass is 323 g/mol. The van der Waals surface area contributed by atoms with Crippen molar-refractivity contribution in [3.8, 4) is 6.07 Å². The van der Waals surface area contributed by atoms with Gasteiger partial charge in [-0.1, -0.05) is 28.1 Å². The molecule has 0 aliphatic carbocycles. The molecular formula is C13H7BrClNO2. The van der Waals surface area contributed by atoms with Gasteiger partial charge in [-0.15, -0.1) is 0 Å². The molecule has 2 aromatic rings. The van der Waals surface area contributed by atoms with E-state index in [9.17, 15) is 4.79 Å². The molecule has 0 bridgehead atoms. The first-order chi connectivity index (χ1) is 8.63. The third kappa shape index (κ3) is 2.47. The zero-order valence-electron chi connectivity index (χ0n) is 9.06. The topological polar surface area (TPSA) is 54.0 Å². The first-order valence-corrected chi connectivity index (χ1v) is 6.23. The number of hydrogen-bond acceptors (Lipinski definition) is 3. The lowest BCUT2D eigenvalue weighted by Gasteiger charge is -2.07. The normalized spacial score (nSPS) is 11.8. The lowest BCUT2D eigenvalue weighted by molar-refractivity contribution is 0.0978. The Morgan fingerprint density at radius 1 is 1.33 bits per heavy atom. The van der Waals surface area contributed by atoms with E-state index in [1.165, 1.54) is 12.3 Å². The number of nitrogens with zero attached hydrogens (tertiary/aromatic N) is 1. The minimum atomic E-state index is -0.881. The number of nitriles is 1. The van der Waals surface area contributed by atoms with Crippen LogP contribution in [0.5, 0.6) is 0 Å². The third-order valence-corrected chi connectivity index (χ3v) is 3.30. The molecular weight excluding hydrogens is 318 g/mol. The van der Waals surface area contributed by atoms with E-state index in [0.29, 0.717) is 5.56 Å². The molecule has 1 heterocycles. The number of ketones is 1. The van der Waals surface area contributed by atoms with Crippen molar-refractivity contribution in [2.75, 3.05) is 0 Å². The Labute approximate surface area is 117 Å². The summed E-state index contributed by atoms with van der Waals surface area (Å²) >= 11 is 9.04. The number of carbonyl (C=O) groups is 1. The maximum Gasteiger partial charge on any atom is 0.203 e. The second kappa shape index (κ2) is 5.38. The first kappa shape index (κ1) is 12.9. The van der Waals surface area contributed by atoms with Crippen molar-refractivity contribution in [3.05, 3.63) is 57.4 Å². The minimum absolute atomic E-state index is 0.0114. The summed E-state index contributed by atoms with van der Waals surface area (Å²) in [5, 5.41) is 9.16. The van der Waals surface area contributed by atoms with Crippen molar-refractivity contribution in [2.45, 2.75) is 5.92 Å². The summed E-state index contributed by atoms with van der Waals surface area (Å²) in [6.07, 6.45) is 1.32. The predicted octanol–water partition coefficient (Wildman–Crippen LogP) is 4.19. The summed E-state index contributed by atoms with van der Waals surface area (Å²) in [5.74, 6) is -1.24. The zero-order chi connectivity index (χ0) is 13.1. The van der Waals surface area contributed by atoms with Crippen LogP contribution in [-0.2, 0) is 0 Å². The van der Waals surface area contributed by atoms with Gasteiger partial charge in [-0.3, -0.25) is 4.79 Å². The van der Waals surface area contributed by atoms with Gasteiger partial charge in [-0.05, 0) is 35.4 Å². The maximum absolute atomic E-state index is 12.2. The van der Waals surface area contributed by atoms with Crippen LogP contribution < -0.4 is 0 Å². The van der Waals surface area contributed by atoms with Crippen molar-refractivity contribution in [3.63, 3.8) is 0 Å². The molecule has 0 spiro atoms. The fourth-order valence-corrected chi connectivity index (χ4v) is 2.04. The molecule has 0 saturated carbocycles. The molecule has 2 rings (SSSR count). The highest BCUT2D eigenvalue weighted by molar-refractivity contribution is 9.10. The molecule has 1 unspecified atom stereocenters. The van der Waals surface area contributed by atoms with Gasteiger partial charge in [-0.25, -0.2) is 0 Å². The zero-order valence-corrected chi connectivity index (χ0v) is 11.4. The molecule has 18 heavy (non-hydrogen) atoms. The molecule has 90 valence electrons. The molecule has 0 aliphatic rings. The number of benzene rings is 1. The Bertz CT molecular complexity index is 613. The van der Waals surface area contributed by atoms with Gasteiger partial charge in [0.2, 0.25) is 5.22 Å². The summed E-state index contributed by atoms with van der Waals surface area (Å²) in [6.45, 7) is 0. The predicted molar refractivity (Wildman–Crippen MR) is 70.5 cm³/mol. The fraction of sp³-hybridized carbons (Fsp3) is 0.0769. The van der Waals surface area contributed by atoms with Crippen LogP contribution >= 0.6 is 27.5 Å². The van der Waals surface area contributed by atoms with Crippen LogP contribution in [0, 0.1) is 11.3 Å². The van der Waals surface area contributed by atoms with Gasteiger partial charge in [-0.2, -0.15) is 5.26 Å². The van der Waals surface area contributed by atoms with Crippen LogP contribution in [0.15, 0.2) is 45.5 Å². The van der Waals surface area contributed by atoms with Crippen LogP contribution in [0.2, 0.25) is 5.22 Å². The summed E-state index contributed by atoms with van der Waals surface area (Å²) in [4.78, 5) is 12.2. The van der Waals surface area contributed by atoms with Crippen LogP contribution in [0.4, 0.5) is 0 Å². The van der Waals surface area contributed by atoms with Gasteiger partial charge in [0, 0.05) is 4.47 Å². The van der Waals surface area contributed by atoms with Crippen molar-refractivity contribution in [1.29, 1.82) is 5.26 Å². The summed E-state index contributed by atoms with van der Waals surface area (Å²) in [5.41, 5.74) is 0.856. The van der Waals surface area contributed by atoms with Gasteiger partial charge in [0.1, 0.15) is 5.92 Å². The van der Waals surface area contributed by atoms with E-state index in [2.05, 4.69) is 15.9 Å². The lowest BCUT2D eigenvalue weighted by Crippen LogP contribution is -2.10. The van der Waals surface area contributed by atoms with E-state index in [1.807, 2.05) is 6.07 Å². The molecule has 0 N–H and O–H groups in total. The average molecular weight is 325 g/mol. The van der Waals surface area contributed by atoms with Crippen LogP contribution in [0.25, 0.3) is 0 Å². The number of hydrogen-bond donors (Lipinski definition) is 0. The van der Waals surface area contributed by atoms with E-state index in [4.69, 9.17) is 21.3 Å². The van der Waals surface area contributed by atoms with Gasteiger partial charge in [0.05, 0.1) is 17.9 Å². The SMILES string of the molecule is N#CC(C(=O)c1ccoc1Cl)c1ccc(Br)cc1. The number of carbonyl (C=O) groups excluding carboxylic acids is 1. The van der Waals surface area contributed by atoms with E-state index in [-0.39, 0.29) is 16.6 Å². The number of Topliss-reactive ketones (excluding diaryl/α,β-unsaturated/α-hetero) is 1. The van der Waals surface area contributed by atoms with E-state index in [0.717, 1.165) is 4.47 Å². The summed E-state index contributed by atoms with van der Waals surface area (Å²) < 4.78 is 5.75. The van der Waals surface area contributed by atoms with Gasteiger partial charge in [0.25, 0.3) is 0 Å². The molecule has 0 saturated heterocycles. The average Bonchev–Trinajstić information content (AvgIpc) is 2.78. The lowest BCUT2D eigenvalue weighted by atomic mass is 9.93. The van der Waals surface area contributed by atoms with Gasteiger partial charge >= 0.3 is 0 Å². The number of rotatable bonds is 3. The van der Waals surface area contributed by atoms with Crippen LogP contribution in [0.3, 0.4) is 0 Å². The van der Waals surface area contributed by atoms with E-state index < -0.39 is 5.92 Å². The Hall–Kier alpha value is -1.57. The molecule has 0 fully saturated rings. The van der Waals surface area contributed by atoms with E-state index in [1.54, 1.807) is 24.3 Å². The molecule has 1 aromatic carbocycles. The highest BCUT2D eigenvalue weighted by Gasteiger charge is 2.25. The maximum atomic E-state index is 12.2. The second-order valence-corrected chi connectivity index (χ2v) is 4.84. The molecule has 1 aromatic heterocycles. The quantitative estimate of drug-likeness (QED) is 0.796. The number of furan rings is 1. The van der Waals surface area contributed by atoms with Crippen LogP contribution in [-0.4, -0.2) is 5.78 Å². The first-order valence-electron chi connectivity index (χ1n) is 5.05. The summed E-state index contributed by atoms with van der Waals surface area (Å²) in [7, 11) is 0. The van der Waals surface area contributed by atoms with Crippen molar-refractivity contribution < 1.29 is 9.21 Å². The molecule has 5 heteroatoms. The third-order valence-electron chi connectivity index (χ3n) is 2.48. The molecule has 3 nitrogen and oxygen atoms in total. The standard InChI is InChI=1S/C13H7BrClNO2/c14-9-3-1-8(2-4-9)11(7-16)12(17)10-5-6-18-13(10)15/h1-6,11H. The molecule has 0 aliphatic heterocycles. The molecule has 0 amide bonds. The highest BCUT2D eigenvalue weighted by atomic mass is 79.9. The van der Waals surface area contributed by atoms with Crippen molar-refractivity contribution in [2.24, 2.45) is 0 Å². The molecule has 1 atom stereocenters.